The van der Waals surface area contributed by atoms with E-state index in [2.05, 4.69) is 23.9 Å². The Morgan fingerprint density at radius 3 is 2.84 bits per heavy atom. The molecule has 2 fully saturated rings. The van der Waals surface area contributed by atoms with Gasteiger partial charge >= 0.3 is 5.97 Å². The third-order valence-corrected chi connectivity index (χ3v) is 5.41. The van der Waals surface area contributed by atoms with Crippen LogP contribution in [-0.2, 0) is 9.47 Å². The van der Waals surface area contributed by atoms with E-state index in [1.54, 1.807) is 4.68 Å². The zero-order valence-electron chi connectivity index (χ0n) is 14.8. The van der Waals surface area contributed by atoms with Crippen molar-refractivity contribution in [1.82, 2.24) is 14.8 Å². The van der Waals surface area contributed by atoms with Gasteiger partial charge in [-0.25, -0.2) is 14.5 Å². The van der Waals surface area contributed by atoms with Crippen LogP contribution >= 0.6 is 0 Å². The molecule has 6 heteroatoms. The van der Waals surface area contributed by atoms with Crippen LogP contribution in [0.25, 0.3) is 5.69 Å². The molecule has 6 nitrogen and oxygen atoms in total. The molecule has 4 rings (SSSR count). The van der Waals surface area contributed by atoms with Gasteiger partial charge in [0.1, 0.15) is 11.9 Å². The zero-order valence-corrected chi connectivity index (χ0v) is 14.8. The van der Waals surface area contributed by atoms with Crippen LogP contribution in [0.5, 0.6) is 0 Å². The molecular weight excluding hydrogens is 318 g/mol. The number of esters is 1. The Kier molecular flexibility index (Phi) is 3.87. The van der Waals surface area contributed by atoms with Gasteiger partial charge in [0.25, 0.3) is 5.82 Å². The summed E-state index contributed by atoms with van der Waals surface area (Å²) in [7, 11) is 0. The first-order valence-electron chi connectivity index (χ1n) is 8.80. The summed E-state index contributed by atoms with van der Waals surface area (Å²) < 4.78 is 13.3. The van der Waals surface area contributed by atoms with Crippen LogP contribution in [0.2, 0.25) is 0 Å². The van der Waals surface area contributed by atoms with Crippen molar-refractivity contribution in [2.75, 3.05) is 6.61 Å². The highest BCUT2D eigenvalue weighted by molar-refractivity contribution is 5.85. The standard InChI is InChI=1S/C19H23N3O3/c1-12-20-17(21-22(12)13-8-5-4-6-9-13)18(23)25-16-14-10-7-11-24-15(14)19(16,2)3/h4-6,8-9,14-16H,7,10-11H2,1-3H3/t14-,15+,16-/m1/s1. The van der Waals surface area contributed by atoms with Crippen LogP contribution in [0.4, 0.5) is 0 Å². The predicted octanol–water partition coefficient (Wildman–Crippen LogP) is 2.94. The van der Waals surface area contributed by atoms with E-state index < -0.39 is 5.97 Å². The van der Waals surface area contributed by atoms with Crippen molar-refractivity contribution in [2.24, 2.45) is 11.3 Å². The average molecular weight is 341 g/mol. The molecule has 1 saturated carbocycles. The maximum atomic E-state index is 12.6. The molecule has 2 aliphatic rings. The molecule has 0 amide bonds. The summed E-state index contributed by atoms with van der Waals surface area (Å²) in [6, 6.07) is 9.64. The number of fused-ring (bicyclic) bond motifs is 1. The Balaban J connectivity index is 1.52. The van der Waals surface area contributed by atoms with Crippen molar-refractivity contribution < 1.29 is 14.3 Å². The average Bonchev–Trinajstić information content (AvgIpc) is 3.02. The topological polar surface area (TPSA) is 66.2 Å². The van der Waals surface area contributed by atoms with Crippen LogP contribution in [-0.4, -0.2) is 39.5 Å². The Bertz CT molecular complexity index is 784. The molecule has 25 heavy (non-hydrogen) atoms. The summed E-state index contributed by atoms with van der Waals surface area (Å²) >= 11 is 0. The number of hydrogen-bond donors (Lipinski definition) is 0. The number of ether oxygens (including phenoxy) is 2. The maximum absolute atomic E-state index is 12.6. The highest BCUT2D eigenvalue weighted by atomic mass is 16.6. The lowest BCUT2D eigenvalue weighted by Gasteiger charge is -2.58. The Morgan fingerprint density at radius 2 is 2.08 bits per heavy atom. The van der Waals surface area contributed by atoms with Crippen LogP contribution < -0.4 is 0 Å². The van der Waals surface area contributed by atoms with Gasteiger partial charge in [-0.15, -0.1) is 5.10 Å². The molecule has 1 aromatic heterocycles. The van der Waals surface area contributed by atoms with Crippen molar-refractivity contribution in [3.63, 3.8) is 0 Å². The number of carbonyl (C=O) groups excluding carboxylic acids is 1. The Labute approximate surface area is 147 Å². The lowest BCUT2D eigenvalue weighted by molar-refractivity contribution is -0.243. The molecule has 1 aliphatic heterocycles. The van der Waals surface area contributed by atoms with Crippen LogP contribution in [0.1, 0.15) is 43.1 Å². The molecule has 3 atom stereocenters. The highest BCUT2D eigenvalue weighted by Crippen LogP contribution is 2.53. The zero-order chi connectivity index (χ0) is 17.6. The second-order valence-corrected chi connectivity index (χ2v) is 7.47. The van der Waals surface area contributed by atoms with E-state index in [1.165, 1.54) is 0 Å². The van der Waals surface area contributed by atoms with Gasteiger partial charge in [-0.3, -0.25) is 0 Å². The summed E-state index contributed by atoms with van der Waals surface area (Å²) in [5.41, 5.74) is 0.703. The Morgan fingerprint density at radius 1 is 1.32 bits per heavy atom. The third kappa shape index (κ3) is 2.65. The van der Waals surface area contributed by atoms with Gasteiger partial charge in [-0.05, 0) is 31.9 Å². The molecule has 2 aromatic rings. The highest BCUT2D eigenvalue weighted by Gasteiger charge is 2.60. The van der Waals surface area contributed by atoms with Gasteiger partial charge in [0.2, 0.25) is 0 Å². The van der Waals surface area contributed by atoms with E-state index in [4.69, 9.17) is 9.47 Å². The van der Waals surface area contributed by atoms with Crippen molar-refractivity contribution >= 4 is 5.97 Å². The molecule has 1 aliphatic carbocycles. The van der Waals surface area contributed by atoms with Crippen LogP contribution in [0, 0.1) is 18.3 Å². The van der Waals surface area contributed by atoms with Crippen molar-refractivity contribution in [3.05, 3.63) is 42.0 Å². The molecule has 0 radical (unpaired) electrons. The first-order chi connectivity index (χ1) is 12.0. The van der Waals surface area contributed by atoms with Gasteiger partial charge in [0, 0.05) is 17.9 Å². The number of rotatable bonds is 3. The van der Waals surface area contributed by atoms with Crippen molar-refractivity contribution in [1.29, 1.82) is 0 Å². The molecule has 1 aromatic carbocycles. The fourth-order valence-corrected chi connectivity index (χ4v) is 4.17. The molecular formula is C19H23N3O3. The van der Waals surface area contributed by atoms with Crippen molar-refractivity contribution in [2.45, 2.75) is 45.8 Å². The number of aryl methyl sites for hydroxylation is 1. The van der Waals surface area contributed by atoms with Crippen LogP contribution in [0.15, 0.2) is 30.3 Å². The molecule has 1 saturated heterocycles. The second kappa shape index (κ2) is 5.95. The first-order valence-corrected chi connectivity index (χ1v) is 8.80. The Hall–Kier alpha value is -2.21. The number of para-hydroxylation sites is 1. The number of carbonyl (C=O) groups is 1. The number of nitrogens with zero attached hydrogens (tertiary/aromatic N) is 3. The van der Waals surface area contributed by atoms with E-state index >= 15 is 0 Å². The van der Waals surface area contributed by atoms with Gasteiger partial charge in [-0.2, -0.15) is 0 Å². The molecule has 0 N–H and O–H groups in total. The lowest BCUT2D eigenvalue weighted by Crippen LogP contribution is -2.65. The molecule has 0 spiro atoms. The summed E-state index contributed by atoms with van der Waals surface area (Å²) in [5.74, 6) is 0.590. The van der Waals surface area contributed by atoms with E-state index in [0.717, 1.165) is 25.1 Å². The smallest absolute Gasteiger partial charge is 0.378 e. The van der Waals surface area contributed by atoms with E-state index in [9.17, 15) is 4.79 Å². The van der Waals surface area contributed by atoms with E-state index in [0.29, 0.717) is 5.82 Å². The lowest BCUT2D eigenvalue weighted by atomic mass is 9.57. The second-order valence-electron chi connectivity index (χ2n) is 7.47. The minimum absolute atomic E-state index is 0.109. The molecule has 0 unspecified atom stereocenters. The number of aromatic nitrogens is 3. The number of benzene rings is 1. The monoisotopic (exact) mass is 341 g/mol. The van der Waals surface area contributed by atoms with Gasteiger partial charge in [0.05, 0.1) is 11.8 Å². The van der Waals surface area contributed by atoms with Crippen molar-refractivity contribution in [3.8, 4) is 5.69 Å². The molecule has 2 heterocycles. The maximum Gasteiger partial charge on any atom is 0.378 e. The van der Waals surface area contributed by atoms with Gasteiger partial charge in [-0.1, -0.05) is 32.0 Å². The fourth-order valence-electron chi connectivity index (χ4n) is 4.17. The summed E-state index contributed by atoms with van der Waals surface area (Å²) in [4.78, 5) is 16.9. The van der Waals surface area contributed by atoms with E-state index in [-0.39, 0.29) is 29.4 Å². The largest absolute Gasteiger partial charge is 0.455 e. The SMILES string of the molecule is Cc1nc(C(=O)O[C@@H]2[C@@H]3CCCO[C@@H]3C2(C)C)nn1-c1ccccc1. The quantitative estimate of drug-likeness (QED) is 0.803. The molecule has 132 valence electrons. The fraction of sp³-hybridized carbons (Fsp3) is 0.526. The third-order valence-electron chi connectivity index (χ3n) is 5.41. The summed E-state index contributed by atoms with van der Waals surface area (Å²) in [5, 5.41) is 4.34. The van der Waals surface area contributed by atoms with Crippen LogP contribution in [0.3, 0.4) is 0 Å². The molecule has 0 bridgehead atoms. The van der Waals surface area contributed by atoms with E-state index in [1.807, 2.05) is 37.3 Å². The minimum Gasteiger partial charge on any atom is -0.455 e. The first kappa shape index (κ1) is 16.3. The summed E-state index contributed by atoms with van der Waals surface area (Å²) in [6.07, 6.45) is 2.09. The van der Waals surface area contributed by atoms with Gasteiger partial charge < -0.3 is 9.47 Å². The minimum atomic E-state index is -0.458. The number of hydrogen-bond acceptors (Lipinski definition) is 5. The predicted molar refractivity (Wildman–Crippen MR) is 91.5 cm³/mol. The summed E-state index contributed by atoms with van der Waals surface area (Å²) in [6.45, 7) is 6.82. The normalized spacial score (nSPS) is 27.2. The van der Waals surface area contributed by atoms with Gasteiger partial charge in [0.15, 0.2) is 0 Å².